The van der Waals surface area contributed by atoms with Crippen molar-refractivity contribution in [2.45, 2.75) is 336 Å². The van der Waals surface area contributed by atoms with E-state index in [4.69, 9.17) is 9.98 Å². The van der Waals surface area contributed by atoms with E-state index >= 15 is 0 Å². The summed E-state index contributed by atoms with van der Waals surface area (Å²) in [6, 6.07) is 17.7. The number of aliphatic imine (C=N–C) groups is 2. The standard InChI is InChI=1S/C72H122N2/c1-5-9-13-16-19-22-25-28-29-30-31-32-33-34-35-36-37-38-39-42-45-48-51-54-58-72(74-70-65-61-68(62-66-70)56-53-50-47-44-41-27-24-21-18-15-11-7-3)71(57-12-8-4)73-69-63-59-67(60-64-69)55-52-49-46-43-40-26-23-20-17-14-10-6-2/h52-56,58-66H,5-51,57H2,1-4H3. The Labute approximate surface area is 462 Å². The molecule has 0 aromatic heterocycles. The van der Waals surface area contributed by atoms with Gasteiger partial charge in [0, 0.05) is 0 Å². The molecule has 0 saturated carbocycles. The highest BCUT2D eigenvalue weighted by molar-refractivity contribution is 6.47. The van der Waals surface area contributed by atoms with E-state index < -0.39 is 0 Å². The van der Waals surface area contributed by atoms with Crippen LogP contribution in [0.4, 0.5) is 11.4 Å². The van der Waals surface area contributed by atoms with Crippen molar-refractivity contribution in [3.8, 4) is 0 Å². The quantitative estimate of drug-likeness (QED) is 0.0466. The van der Waals surface area contributed by atoms with E-state index in [1.807, 2.05) is 0 Å². The molecule has 2 nitrogen and oxygen atoms in total. The second-order valence-electron chi connectivity index (χ2n) is 22.7. The van der Waals surface area contributed by atoms with Gasteiger partial charge in [0.2, 0.25) is 0 Å². The molecule has 0 aliphatic heterocycles. The molecule has 0 atom stereocenters. The highest BCUT2D eigenvalue weighted by Crippen LogP contribution is 2.22. The van der Waals surface area contributed by atoms with Gasteiger partial charge in [0.25, 0.3) is 0 Å². The predicted octanol–water partition coefficient (Wildman–Crippen LogP) is 25.9. The van der Waals surface area contributed by atoms with E-state index in [1.54, 1.807) is 0 Å². The van der Waals surface area contributed by atoms with Crippen LogP contribution in [-0.4, -0.2) is 11.4 Å². The van der Waals surface area contributed by atoms with Crippen LogP contribution in [0.2, 0.25) is 0 Å². The summed E-state index contributed by atoms with van der Waals surface area (Å²) in [5.74, 6) is 0. The molecule has 420 valence electrons. The molecule has 74 heavy (non-hydrogen) atoms. The largest absolute Gasteiger partial charge is 0.251 e. The van der Waals surface area contributed by atoms with Gasteiger partial charge in [0.05, 0.1) is 22.8 Å². The van der Waals surface area contributed by atoms with E-state index in [1.165, 1.54) is 294 Å². The minimum Gasteiger partial charge on any atom is -0.251 e. The highest BCUT2D eigenvalue weighted by atomic mass is 14.8. The molecule has 0 aliphatic rings. The van der Waals surface area contributed by atoms with Gasteiger partial charge in [-0.2, -0.15) is 0 Å². The molecule has 0 aliphatic carbocycles. The minimum atomic E-state index is 0.930. The third-order valence-electron chi connectivity index (χ3n) is 15.4. The Morgan fingerprint density at radius 1 is 0.284 bits per heavy atom. The fourth-order valence-corrected chi connectivity index (χ4v) is 10.4. The first-order valence-corrected chi connectivity index (χ1v) is 33.1. The van der Waals surface area contributed by atoms with Crippen molar-refractivity contribution in [2.24, 2.45) is 9.98 Å². The van der Waals surface area contributed by atoms with Gasteiger partial charge in [-0.3, -0.25) is 4.99 Å². The number of benzene rings is 2. The van der Waals surface area contributed by atoms with E-state index in [9.17, 15) is 0 Å². The number of rotatable bonds is 54. The summed E-state index contributed by atoms with van der Waals surface area (Å²) >= 11 is 0. The molecule has 0 N–H and O–H groups in total. The average Bonchev–Trinajstić information content (AvgIpc) is 3.42. The zero-order valence-electron chi connectivity index (χ0n) is 49.9. The SMILES string of the molecule is CCCCCCCCCCCCC=Cc1ccc(N=C(C=CCCCCCCCCCCCCCCCCCCCCCCCC)C(CCCC)=Nc2ccc(C=CCCCCCCCCCCCC)cc2)cc1. The number of hydrogen-bond donors (Lipinski definition) is 0. The second-order valence-corrected chi connectivity index (χ2v) is 22.7. The number of unbranched alkanes of at least 4 members (excludes halogenated alkanes) is 43. The average molecular weight is 1020 g/mol. The van der Waals surface area contributed by atoms with Gasteiger partial charge in [-0.25, -0.2) is 4.99 Å². The first kappa shape index (κ1) is 67.1. The zero-order valence-corrected chi connectivity index (χ0v) is 49.9. The summed E-state index contributed by atoms with van der Waals surface area (Å²) in [5.41, 5.74) is 6.66. The highest BCUT2D eigenvalue weighted by Gasteiger charge is 2.09. The molecular formula is C72H122N2. The van der Waals surface area contributed by atoms with Crippen LogP contribution in [-0.2, 0) is 0 Å². The van der Waals surface area contributed by atoms with Crippen molar-refractivity contribution < 1.29 is 0 Å². The van der Waals surface area contributed by atoms with Crippen LogP contribution in [0.5, 0.6) is 0 Å². The maximum absolute atomic E-state index is 5.32. The molecule has 0 spiro atoms. The van der Waals surface area contributed by atoms with Gasteiger partial charge in [-0.05, 0) is 92.8 Å². The number of allylic oxidation sites excluding steroid dienone is 4. The Morgan fingerprint density at radius 3 is 0.838 bits per heavy atom. The normalized spacial score (nSPS) is 12.5. The lowest BCUT2D eigenvalue weighted by molar-refractivity contribution is 0.519. The van der Waals surface area contributed by atoms with E-state index in [2.05, 4.69) is 113 Å². The molecule has 2 rings (SSSR count). The van der Waals surface area contributed by atoms with Crippen molar-refractivity contribution in [2.75, 3.05) is 0 Å². The summed E-state index contributed by atoms with van der Waals surface area (Å²) in [7, 11) is 0. The molecule has 0 saturated heterocycles. The van der Waals surface area contributed by atoms with Crippen molar-refractivity contribution in [1.29, 1.82) is 0 Å². The minimum absolute atomic E-state index is 0.930. The summed E-state index contributed by atoms with van der Waals surface area (Å²) in [4.78, 5) is 10.6. The third kappa shape index (κ3) is 42.2. The van der Waals surface area contributed by atoms with Gasteiger partial charge in [-0.1, -0.05) is 339 Å². The molecular weight excluding hydrogens is 893 g/mol. The van der Waals surface area contributed by atoms with Crippen LogP contribution >= 0.6 is 0 Å². The Balaban J connectivity index is 1.87. The fourth-order valence-electron chi connectivity index (χ4n) is 10.4. The lowest BCUT2D eigenvalue weighted by Gasteiger charge is -2.09. The van der Waals surface area contributed by atoms with Gasteiger partial charge in [0.15, 0.2) is 0 Å². The third-order valence-corrected chi connectivity index (χ3v) is 15.4. The van der Waals surface area contributed by atoms with Gasteiger partial charge in [0.1, 0.15) is 0 Å². The second kappa shape index (κ2) is 53.4. The van der Waals surface area contributed by atoms with Crippen molar-refractivity contribution in [3.05, 3.63) is 84.0 Å². The maximum Gasteiger partial charge on any atom is 0.0848 e. The molecule has 0 bridgehead atoms. The lowest BCUT2D eigenvalue weighted by atomic mass is 10.0. The van der Waals surface area contributed by atoms with Crippen molar-refractivity contribution in [3.63, 3.8) is 0 Å². The number of hydrogen-bond acceptors (Lipinski definition) is 2. The Kier molecular flexibility index (Phi) is 48.4. The summed E-state index contributed by atoms with van der Waals surface area (Å²) in [6.45, 7) is 9.20. The van der Waals surface area contributed by atoms with Gasteiger partial charge >= 0.3 is 0 Å². The van der Waals surface area contributed by atoms with E-state index in [0.717, 1.165) is 48.5 Å². The monoisotopic (exact) mass is 1010 g/mol. The van der Waals surface area contributed by atoms with E-state index in [0.29, 0.717) is 0 Å². The Bertz CT molecular complexity index is 1620. The Hall–Kier alpha value is -3.00. The molecule has 2 heteroatoms. The van der Waals surface area contributed by atoms with Gasteiger partial charge < -0.3 is 0 Å². The van der Waals surface area contributed by atoms with Crippen molar-refractivity contribution >= 4 is 35.0 Å². The molecule has 0 radical (unpaired) electrons. The maximum atomic E-state index is 5.32. The predicted molar refractivity (Wildman–Crippen MR) is 339 cm³/mol. The zero-order chi connectivity index (χ0) is 52.7. The first-order valence-electron chi connectivity index (χ1n) is 33.1. The molecule has 0 heterocycles. The first-order chi connectivity index (χ1) is 36.7. The summed E-state index contributed by atoms with van der Waals surface area (Å²) in [5, 5.41) is 0. The molecule has 0 unspecified atom stereocenters. The fraction of sp³-hybridized carbons (Fsp3) is 0.722. The van der Waals surface area contributed by atoms with Crippen LogP contribution in [0.1, 0.15) is 347 Å². The lowest BCUT2D eigenvalue weighted by Crippen LogP contribution is -2.11. The van der Waals surface area contributed by atoms with Crippen molar-refractivity contribution in [1.82, 2.24) is 0 Å². The topological polar surface area (TPSA) is 24.7 Å². The Morgan fingerprint density at radius 2 is 0.541 bits per heavy atom. The molecule has 2 aromatic rings. The van der Waals surface area contributed by atoms with Crippen LogP contribution in [0, 0.1) is 0 Å². The van der Waals surface area contributed by atoms with Crippen LogP contribution in [0.25, 0.3) is 12.2 Å². The molecule has 0 amide bonds. The van der Waals surface area contributed by atoms with Crippen LogP contribution in [0.15, 0.2) is 82.8 Å². The number of nitrogens with zero attached hydrogens (tertiary/aromatic N) is 2. The molecule has 0 fully saturated rings. The van der Waals surface area contributed by atoms with Crippen LogP contribution in [0.3, 0.4) is 0 Å². The van der Waals surface area contributed by atoms with Crippen LogP contribution < -0.4 is 0 Å². The molecule has 2 aromatic carbocycles. The summed E-state index contributed by atoms with van der Waals surface area (Å²) < 4.78 is 0. The van der Waals surface area contributed by atoms with E-state index in [-0.39, 0.29) is 0 Å². The smallest absolute Gasteiger partial charge is 0.0848 e. The van der Waals surface area contributed by atoms with Gasteiger partial charge in [-0.15, -0.1) is 0 Å². The summed E-state index contributed by atoms with van der Waals surface area (Å²) in [6.07, 6.45) is 79.8.